The van der Waals surface area contributed by atoms with Gasteiger partial charge < -0.3 is 0 Å². The van der Waals surface area contributed by atoms with E-state index in [0.29, 0.717) is 5.56 Å². The van der Waals surface area contributed by atoms with Gasteiger partial charge in [-0.15, -0.1) is 0 Å². The standard InChI is InChI=1S/C5H12IP/c1-3-4-5-7(2)6/h3-5H2,1-2H3. The quantitative estimate of drug-likeness (QED) is 0.515. The molecule has 0 amide bonds. The first-order valence-electron chi connectivity index (χ1n) is 2.64. The molecule has 0 aliphatic rings. The lowest BCUT2D eigenvalue weighted by Crippen LogP contribution is -1.73. The SMILES string of the molecule is CCCCP(C)I. The van der Waals surface area contributed by atoms with Crippen LogP contribution in [-0.2, 0) is 0 Å². The molecule has 0 saturated heterocycles. The highest BCUT2D eigenvalue weighted by Gasteiger charge is 1.89. The van der Waals surface area contributed by atoms with Crippen LogP contribution in [0.15, 0.2) is 0 Å². The van der Waals surface area contributed by atoms with Gasteiger partial charge in [0.25, 0.3) is 0 Å². The zero-order valence-corrected chi connectivity index (χ0v) is 8.00. The Labute approximate surface area is 60.3 Å². The molecule has 0 N–H and O–H groups in total. The van der Waals surface area contributed by atoms with Gasteiger partial charge in [0.1, 0.15) is 0 Å². The summed E-state index contributed by atoms with van der Waals surface area (Å²) in [6.45, 7) is 4.57. The second-order valence-corrected chi connectivity index (χ2v) is 8.28. The third kappa shape index (κ3) is 7.16. The van der Waals surface area contributed by atoms with E-state index < -0.39 is 0 Å². The summed E-state index contributed by atoms with van der Waals surface area (Å²) in [7, 11) is 0. The maximum Gasteiger partial charge on any atom is -0.0238 e. The summed E-state index contributed by atoms with van der Waals surface area (Å²) < 4.78 is 0. The summed E-state index contributed by atoms with van der Waals surface area (Å²) in [6.07, 6.45) is 4.23. The van der Waals surface area contributed by atoms with Gasteiger partial charge >= 0.3 is 0 Å². The Morgan fingerprint density at radius 2 is 2.14 bits per heavy atom. The predicted octanol–water partition coefficient (Wildman–Crippen LogP) is 3.25. The summed E-state index contributed by atoms with van der Waals surface area (Å²) in [5.41, 5.74) is 0.364. The molecule has 7 heavy (non-hydrogen) atoms. The van der Waals surface area contributed by atoms with E-state index in [1.165, 1.54) is 19.0 Å². The lowest BCUT2D eigenvalue weighted by molar-refractivity contribution is 0.894. The molecular formula is C5H12IP. The molecule has 0 saturated carbocycles. The Morgan fingerprint density at radius 3 is 2.29 bits per heavy atom. The Morgan fingerprint density at radius 1 is 1.57 bits per heavy atom. The number of halogens is 1. The Kier molecular flexibility index (Phi) is 6.18. The van der Waals surface area contributed by atoms with E-state index >= 15 is 0 Å². The van der Waals surface area contributed by atoms with E-state index in [1.807, 2.05) is 0 Å². The minimum absolute atomic E-state index is 0.364. The van der Waals surface area contributed by atoms with Crippen molar-refractivity contribution in [1.29, 1.82) is 0 Å². The van der Waals surface area contributed by atoms with Crippen LogP contribution in [0, 0.1) is 0 Å². The number of unbranched alkanes of at least 4 members (excludes halogenated alkanes) is 1. The van der Waals surface area contributed by atoms with Gasteiger partial charge in [-0.1, -0.05) is 35.4 Å². The monoisotopic (exact) mass is 230 g/mol. The fraction of sp³-hybridized carbons (Fsp3) is 1.00. The van der Waals surface area contributed by atoms with Crippen molar-refractivity contribution in [2.24, 2.45) is 0 Å². The van der Waals surface area contributed by atoms with Crippen molar-refractivity contribution < 1.29 is 0 Å². The van der Waals surface area contributed by atoms with Gasteiger partial charge in [-0.25, -0.2) is 0 Å². The first-order valence-corrected chi connectivity index (χ1v) is 7.40. The highest BCUT2D eigenvalue weighted by atomic mass is 127. The van der Waals surface area contributed by atoms with E-state index in [0.717, 1.165) is 0 Å². The summed E-state index contributed by atoms with van der Waals surface area (Å²) in [6, 6.07) is 0. The van der Waals surface area contributed by atoms with Crippen LogP contribution in [0.1, 0.15) is 19.8 Å². The fourth-order valence-corrected chi connectivity index (χ4v) is 2.15. The molecule has 0 rings (SSSR count). The van der Waals surface area contributed by atoms with Crippen molar-refractivity contribution in [1.82, 2.24) is 0 Å². The Bertz CT molecular complexity index is 37.1. The zero-order valence-electron chi connectivity index (χ0n) is 4.95. The van der Waals surface area contributed by atoms with Crippen molar-refractivity contribution in [2.45, 2.75) is 19.8 Å². The van der Waals surface area contributed by atoms with Crippen LogP contribution < -0.4 is 0 Å². The molecular weight excluding hydrogens is 218 g/mol. The minimum Gasteiger partial charge on any atom is -0.0654 e. The highest BCUT2D eigenvalue weighted by Crippen LogP contribution is 2.40. The molecule has 0 aromatic rings. The fourth-order valence-electron chi connectivity index (χ4n) is 0.376. The third-order valence-corrected chi connectivity index (χ3v) is 3.20. The first-order chi connectivity index (χ1) is 3.27. The molecule has 0 aliphatic carbocycles. The van der Waals surface area contributed by atoms with Crippen LogP contribution >= 0.6 is 27.6 Å². The van der Waals surface area contributed by atoms with E-state index in [4.69, 9.17) is 0 Å². The summed E-state index contributed by atoms with van der Waals surface area (Å²) in [5, 5.41) is 0. The molecule has 0 aliphatic heterocycles. The van der Waals surface area contributed by atoms with E-state index in [9.17, 15) is 0 Å². The number of rotatable bonds is 3. The summed E-state index contributed by atoms with van der Waals surface area (Å²) in [4.78, 5) is 0. The maximum absolute atomic E-state index is 2.53. The molecule has 0 fully saturated rings. The van der Waals surface area contributed by atoms with Gasteiger partial charge in [0, 0.05) is 0 Å². The van der Waals surface area contributed by atoms with Gasteiger partial charge in [0.2, 0.25) is 0 Å². The van der Waals surface area contributed by atoms with Gasteiger partial charge in [-0.2, -0.15) is 0 Å². The van der Waals surface area contributed by atoms with E-state index in [1.54, 1.807) is 0 Å². The van der Waals surface area contributed by atoms with Crippen LogP contribution in [0.2, 0.25) is 0 Å². The largest absolute Gasteiger partial charge is 0.0654 e. The lowest BCUT2D eigenvalue weighted by atomic mass is 10.4. The summed E-state index contributed by atoms with van der Waals surface area (Å²) >= 11 is 2.53. The molecule has 0 aromatic carbocycles. The molecule has 0 spiro atoms. The van der Waals surface area contributed by atoms with Crippen LogP contribution in [0.4, 0.5) is 0 Å². The molecule has 44 valence electrons. The number of hydrogen-bond donors (Lipinski definition) is 0. The average molecular weight is 230 g/mol. The molecule has 2 heteroatoms. The molecule has 1 unspecified atom stereocenters. The van der Waals surface area contributed by atoms with Crippen molar-refractivity contribution in [3.05, 3.63) is 0 Å². The van der Waals surface area contributed by atoms with Gasteiger partial charge in [0.15, 0.2) is 0 Å². The van der Waals surface area contributed by atoms with Crippen LogP contribution in [-0.4, -0.2) is 12.8 Å². The van der Waals surface area contributed by atoms with Crippen molar-refractivity contribution >= 4 is 27.6 Å². The highest BCUT2D eigenvalue weighted by molar-refractivity contribution is 14.2. The maximum atomic E-state index is 2.53. The normalized spacial score (nSPS) is 14.1. The van der Waals surface area contributed by atoms with E-state index in [-0.39, 0.29) is 0 Å². The average Bonchev–Trinajstić information content (AvgIpc) is 1.61. The topological polar surface area (TPSA) is 0 Å². The van der Waals surface area contributed by atoms with Gasteiger partial charge in [-0.3, -0.25) is 0 Å². The molecule has 0 bridgehead atoms. The van der Waals surface area contributed by atoms with E-state index in [2.05, 4.69) is 35.6 Å². The molecule has 1 atom stereocenters. The summed E-state index contributed by atoms with van der Waals surface area (Å²) in [5.74, 6) is 0. The molecule has 0 radical (unpaired) electrons. The molecule has 0 nitrogen and oxygen atoms in total. The van der Waals surface area contributed by atoms with Gasteiger partial charge in [0.05, 0.1) is 0 Å². The third-order valence-electron chi connectivity index (χ3n) is 0.820. The lowest BCUT2D eigenvalue weighted by Gasteiger charge is -1.97. The van der Waals surface area contributed by atoms with Crippen molar-refractivity contribution in [3.63, 3.8) is 0 Å². The second-order valence-electron chi connectivity index (χ2n) is 1.68. The van der Waals surface area contributed by atoms with Gasteiger partial charge in [-0.05, 0) is 24.8 Å². The van der Waals surface area contributed by atoms with Crippen molar-refractivity contribution in [2.75, 3.05) is 12.8 Å². The number of hydrogen-bond acceptors (Lipinski definition) is 0. The predicted molar refractivity (Wildman–Crippen MR) is 46.6 cm³/mol. The Hall–Kier alpha value is 1.16. The minimum atomic E-state index is 0.364. The van der Waals surface area contributed by atoms with Crippen molar-refractivity contribution in [3.8, 4) is 0 Å². The smallest absolute Gasteiger partial charge is 0.0238 e. The van der Waals surface area contributed by atoms with Crippen LogP contribution in [0.3, 0.4) is 0 Å². The molecule has 0 aromatic heterocycles. The Balaban J connectivity index is 2.68. The first kappa shape index (κ1) is 8.16. The second kappa shape index (κ2) is 5.30. The molecule has 0 heterocycles. The zero-order chi connectivity index (χ0) is 5.70. The van der Waals surface area contributed by atoms with Crippen LogP contribution in [0.25, 0.3) is 0 Å². The van der Waals surface area contributed by atoms with Crippen LogP contribution in [0.5, 0.6) is 0 Å².